The van der Waals surface area contributed by atoms with Gasteiger partial charge in [0.05, 0.1) is 28.7 Å². The van der Waals surface area contributed by atoms with Gasteiger partial charge < -0.3 is 4.90 Å². The zero-order valence-electron chi connectivity index (χ0n) is 34.3. The Balaban J connectivity index is 1.23. The lowest BCUT2D eigenvalue weighted by Crippen LogP contribution is -2.27. The van der Waals surface area contributed by atoms with Gasteiger partial charge in [0, 0.05) is 23.0 Å². The molecule has 0 saturated heterocycles. The molecule has 0 radical (unpaired) electrons. The predicted octanol–water partition coefficient (Wildman–Crippen LogP) is 13.9. The van der Waals surface area contributed by atoms with Crippen molar-refractivity contribution in [1.29, 1.82) is 10.5 Å². The number of hydrogen-bond donors (Lipinski definition) is 0. The predicted molar refractivity (Wildman–Crippen MR) is 244 cm³/mol. The number of fused-ring (bicyclic) bond motifs is 10. The zero-order valence-corrected chi connectivity index (χ0v) is 34.3. The highest BCUT2D eigenvalue weighted by Crippen LogP contribution is 2.64. The van der Waals surface area contributed by atoms with Gasteiger partial charge in [-0.2, -0.15) is 10.5 Å². The van der Waals surface area contributed by atoms with E-state index in [4.69, 9.17) is 0 Å². The van der Waals surface area contributed by atoms with Crippen LogP contribution in [0, 0.1) is 50.4 Å². The van der Waals surface area contributed by atoms with Crippen LogP contribution in [0.1, 0.15) is 78.2 Å². The molecule has 0 aromatic heterocycles. The summed E-state index contributed by atoms with van der Waals surface area (Å²) in [6.07, 6.45) is 0.807. The molecule has 286 valence electrons. The van der Waals surface area contributed by atoms with E-state index >= 15 is 0 Å². The first kappa shape index (κ1) is 36.9. The highest BCUT2D eigenvalue weighted by Gasteiger charge is 2.52. The second-order valence-corrected chi connectivity index (χ2v) is 16.7. The molecule has 2 aliphatic carbocycles. The number of aryl methyl sites for hydroxylation is 4. The van der Waals surface area contributed by atoms with Crippen LogP contribution < -0.4 is 4.90 Å². The lowest BCUT2D eigenvalue weighted by Gasteiger charge is -2.32. The molecule has 0 atom stereocenters. The van der Waals surface area contributed by atoms with Gasteiger partial charge in [-0.1, -0.05) is 131 Å². The number of rotatable bonds is 7. The maximum absolute atomic E-state index is 10.4. The van der Waals surface area contributed by atoms with Crippen LogP contribution in [0.2, 0.25) is 0 Å². The maximum atomic E-state index is 10.4. The van der Waals surface area contributed by atoms with Gasteiger partial charge in [-0.05, 0) is 156 Å². The van der Waals surface area contributed by atoms with E-state index in [1.165, 1.54) is 50.1 Å². The number of hydrogen-bond acceptors (Lipinski definition) is 3. The van der Waals surface area contributed by atoms with E-state index in [0.29, 0.717) is 11.1 Å². The summed E-state index contributed by atoms with van der Waals surface area (Å²) in [5.41, 5.74) is 21.3. The largest absolute Gasteiger partial charge is 0.310 e. The average molecular weight is 770 g/mol. The van der Waals surface area contributed by atoms with Gasteiger partial charge >= 0.3 is 0 Å². The van der Waals surface area contributed by atoms with Gasteiger partial charge in [0.1, 0.15) is 0 Å². The molecule has 0 amide bonds. The Morgan fingerprint density at radius 2 is 0.783 bits per heavy atom. The molecule has 60 heavy (non-hydrogen) atoms. The van der Waals surface area contributed by atoms with Crippen molar-refractivity contribution >= 4 is 17.1 Å². The van der Waals surface area contributed by atoms with Gasteiger partial charge in [0.2, 0.25) is 0 Å². The van der Waals surface area contributed by atoms with Gasteiger partial charge in [0.15, 0.2) is 0 Å². The standard InChI is InChI=1S/C57H43N3/c1-36-5-16-43(17-6-36)52(44-18-7-37(2)8-19-44)29-40-13-25-48-51-28-24-47(60(45-20-9-38(3)10-21-45)46-22-11-39(4)12-23-46)33-56(51)57(53(48)30-40)54-31-41(34-58)14-26-49(54)50-27-15-42(35-59)32-55(50)57/h5-28,30-33,52H,29H2,1-4H3. The fraction of sp³-hybridized carbons (Fsp3) is 0.123. The lowest BCUT2D eigenvalue weighted by molar-refractivity contribution is 0.776. The number of nitrogens with zero attached hydrogens (tertiary/aromatic N) is 3. The van der Waals surface area contributed by atoms with Crippen LogP contribution in [0.15, 0.2) is 170 Å². The van der Waals surface area contributed by atoms with E-state index in [1.807, 2.05) is 12.1 Å². The Kier molecular flexibility index (Phi) is 8.86. The Bertz CT molecular complexity index is 2890. The third-order valence-electron chi connectivity index (χ3n) is 12.8. The number of anilines is 3. The first-order valence-corrected chi connectivity index (χ1v) is 20.7. The van der Waals surface area contributed by atoms with E-state index in [9.17, 15) is 10.5 Å². The third-order valence-corrected chi connectivity index (χ3v) is 12.8. The second-order valence-electron chi connectivity index (χ2n) is 16.7. The molecule has 0 aliphatic heterocycles. The van der Waals surface area contributed by atoms with Crippen LogP contribution in [-0.2, 0) is 11.8 Å². The smallest absolute Gasteiger partial charge is 0.0991 e. The van der Waals surface area contributed by atoms with Crippen LogP contribution in [0.3, 0.4) is 0 Å². The molecule has 0 unspecified atom stereocenters. The molecule has 3 nitrogen and oxygen atoms in total. The summed E-state index contributed by atoms with van der Waals surface area (Å²) in [5, 5.41) is 20.8. The molecule has 10 rings (SSSR count). The molecular formula is C57H43N3. The molecule has 0 fully saturated rings. The van der Waals surface area contributed by atoms with Gasteiger partial charge in [0.25, 0.3) is 0 Å². The minimum atomic E-state index is -0.781. The maximum Gasteiger partial charge on any atom is 0.0991 e. The molecular weight excluding hydrogens is 727 g/mol. The van der Waals surface area contributed by atoms with Crippen molar-refractivity contribution in [2.45, 2.75) is 45.4 Å². The summed E-state index contributed by atoms with van der Waals surface area (Å²) in [4.78, 5) is 2.34. The van der Waals surface area contributed by atoms with Crippen molar-refractivity contribution in [3.8, 4) is 34.4 Å². The van der Waals surface area contributed by atoms with E-state index in [0.717, 1.165) is 56.9 Å². The Labute approximate surface area is 353 Å². The Morgan fingerprint density at radius 3 is 1.23 bits per heavy atom. The van der Waals surface area contributed by atoms with E-state index in [2.05, 4.69) is 202 Å². The molecule has 2 aliphatic rings. The van der Waals surface area contributed by atoms with Gasteiger partial charge in [-0.15, -0.1) is 0 Å². The Morgan fingerprint density at radius 1 is 0.417 bits per heavy atom. The van der Waals surface area contributed by atoms with Gasteiger partial charge in [-0.25, -0.2) is 0 Å². The minimum absolute atomic E-state index is 0.145. The van der Waals surface area contributed by atoms with E-state index < -0.39 is 5.41 Å². The van der Waals surface area contributed by atoms with Crippen molar-refractivity contribution < 1.29 is 0 Å². The quantitative estimate of drug-likeness (QED) is 0.162. The normalized spacial score (nSPS) is 12.7. The summed E-state index contributed by atoms with van der Waals surface area (Å²) in [7, 11) is 0. The molecule has 8 aromatic carbocycles. The Hall–Kier alpha value is -7.46. The van der Waals surface area contributed by atoms with Crippen LogP contribution in [0.25, 0.3) is 22.3 Å². The topological polar surface area (TPSA) is 50.8 Å². The van der Waals surface area contributed by atoms with Crippen LogP contribution in [0.4, 0.5) is 17.1 Å². The van der Waals surface area contributed by atoms with E-state index in [1.54, 1.807) is 0 Å². The summed E-state index contributed by atoms with van der Waals surface area (Å²) in [6.45, 7) is 8.52. The average Bonchev–Trinajstić information content (AvgIpc) is 3.73. The summed E-state index contributed by atoms with van der Waals surface area (Å²) in [5.74, 6) is 0.145. The van der Waals surface area contributed by atoms with Crippen molar-refractivity contribution in [3.05, 3.63) is 242 Å². The highest BCUT2D eigenvalue weighted by atomic mass is 15.1. The summed E-state index contributed by atoms with van der Waals surface area (Å²) in [6, 6.07) is 66.5. The van der Waals surface area contributed by atoms with Crippen molar-refractivity contribution in [3.63, 3.8) is 0 Å². The minimum Gasteiger partial charge on any atom is -0.310 e. The number of benzene rings is 8. The SMILES string of the molecule is Cc1ccc(C(Cc2ccc3c(c2)C2(c4cc(C#N)ccc4-c4ccc(C#N)cc42)c2cc(N(c4ccc(C)cc4)c4ccc(C)cc4)ccc2-3)c2ccc(C)cc2)cc1. The van der Waals surface area contributed by atoms with Crippen LogP contribution >= 0.6 is 0 Å². The zero-order chi connectivity index (χ0) is 41.1. The van der Waals surface area contributed by atoms with Crippen molar-refractivity contribution in [2.75, 3.05) is 4.90 Å². The fourth-order valence-corrected chi connectivity index (χ4v) is 9.76. The molecule has 8 aromatic rings. The number of nitriles is 2. The second kappa shape index (κ2) is 14.4. The van der Waals surface area contributed by atoms with Crippen LogP contribution in [0.5, 0.6) is 0 Å². The molecule has 0 bridgehead atoms. The highest BCUT2D eigenvalue weighted by molar-refractivity contribution is 5.97. The first-order chi connectivity index (χ1) is 29.2. The van der Waals surface area contributed by atoms with Crippen molar-refractivity contribution in [1.82, 2.24) is 0 Å². The molecule has 0 saturated carbocycles. The molecule has 0 N–H and O–H groups in total. The lowest BCUT2D eigenvalue weighted by atomic mass is 9.69. The molecule has 3 heteroatoms. The molecule has 0 heterocycles. The first-order valence-electron chi connectivity index (χ1n) is 20.7. The van der Waals surface area contributed by atoms with E-state index in [-0.39, 0.29) is 5.92 Å². The molecule has 1 spiro atoms. The monoisotopic (exact) mass is 769 g/mol. The summed E-state index contributed by atoms with van der Waals surface area (Å²) < 4.78 is 0. The summed E-state index contributed by atoms with van der Waals surface area (Å²) >= 11 is 0. The van der Waals surface area contributed by atoms with Crippen LogP contribution in [-0.4, -0.2) is 0 Å². The van der Waals surface area contributed by atoms with Gasteiger partial charge in [-0.3, -0.25) is 0 Å². The third kappa shape index (κ3) is 5.94. The van der Waals surface area contributed by atoms with Crippen molar-refractivity contribution in [2.24, 2.45) is 0 Å². The fourth-order valence-electron chi connectivity index (χ4n) is 9.76.